The highest BCUT2D eigenvalue weighted by molar-refractivity contribution is 5.94. The van der Waals surface area contributed by atoms with Gasteiger partial charge in [-0.3, -0.25) is 9.59 Å². The van der Waals surface area contributed by atoms with Crippen molar-refractivity contribution in [1.82, 2.24) is 10.6 Å². The van der Waals surface area contributed by atoms with E-state index in [1.54, 1.807) is 24.3 Å². The Hall–Kier alpha value is -3.49. The molecule has 2 aromatic rings. The monoisotopic (exact) mass is 422 g/mol. The van der Waals surface area contributed by atoms with Crippen LogP contribution in [-0.4, -0.2) is 31.8 Å². The summed E-state index contributed by atoms with van der Waals surface area (Å²) in [6.45, 7) is 3.75. The van der Waals surface area contributed by atoms with Crippen LogP contribution in [0, 0.1) is 0 Å². The second kappa shape index (κ2) is 10.3. The Morgan fingerprint density at radius 3 is 2.40 bits per heavy atom. The highest BCUT2D eigenvalue weighted by atomic mass is 19.4. The summed E-state index contributed by atoms with van der Waals surface area (Å²) in [5, 5.41) is 5.30. The fraction of sp³-hybridized carbons (Fsp3) is 0.238. The Labute approximate surface area is 171 Å². The average molecular weight is 422 g/mol. The zero-order valence-corrected chi connectivity index (χ0v) is 16.2. The molecule has 30 heavy (non-hydrogen) atoms. The second-order valence-corrected chi connectivity index (χ2v) is 6.15. The lowest BCUT2D eigenvalue weighted by atomic mass is 10.1. The van der Waals surface area contributed by atoms with E-state index >= 15 is 0 Å². The Bertz CT molecular complexity index is 896. The van der Waals surface area contributed by atoms with Crippen LogP contribution in [0.2, 0.25) is 0 Å². The fourth-order valence-electron chi connectivity index (χ4n) is 2.59. The van der Waals surface area contributed by atoms with Crippen LogP contribution >= 0.6 is 0 Å². The van der Waals surface area contributed by atoms with Gasteiger partial charge >= 0.3 is 6.36 Å². The van der Waals surface area contributed by atoms with Crippen molar-refractivity contribution in [3.05, 3.63) is 71.8 Å². The van der Waals surface area contributed by atoms with Crippen molar-refractivity contribution in [1.29, 1.82) is 0 Å². The Kier molecular flexibility index (Phi) is 7.85. The van der Waals surface area contributed by atoms with Crippen LogP contribution < -0.4 is 20.1 Å². The van der Waals surface area contributed by atoms with Gasteiger partial charge in [-0.15, -0.1) is 13.2 Å². The van der Waals surface area contributed by atoms with E-state index in [1.807, 2.05) is 0 Å². The average Bonchev–Trinajstić information content (AvgIpc) is 2.71. The molecule has 0 heterocycles. The molecule has 0 saturated heterocycles. The molecule has 0 aliphatic rings. The van der Waals surface area contributed by atoms with Gasteiger partial charge in [-0.25, -0.2) is 0 Å². The number of carbonyl (C=O) groups excluding carboxylic acids is 2. The minimum absolute atomic E-state index is 0.0492. The molecule has 6 nitrogen and oxygen atoms in total. The van der Waals surface area contributed by atoms with Gasteiger partial charge in [0.2, 0.25) is 5.91 Å². The predicted octanol–water partition coefficient (Wildman–Crippen LogP) is 3.37. The van der Waals surface area contributed by atoms with E-state index in [0.29, 0.717) is 29.8 Å². The second-order valence-electron chi connectivity index (χ2n) is 6.15. The maximum absolute atomic E-state index is 12.4. The van der Waals surface area contributed by atoms with Gasteiger partial charge in [0.15, 0.2) is 0 Å². The maximum Gasteiger partial charge on any atom is 0.573 e. The third kappa shape index (κ3) is 7.16. The molecule has 0 fully saturated rings. The number of rotatable bonds is 9. The molecule has 0 radical (unpaired) electrons. The van der Waals surface area contributed by atoms with Gasteiger partial charge in [-0.1, -0.05) is 18.7 Å². The quantitative estimate of drug-likeness (QED) is 0.608. The van der Waals surface area contributed by atoms with Crippen molar-refractivity contribution in [3.63, 3.8) is 0 Å². The number of alkyl halides is 3. The van der Waals surface area contributed by atoms with Gasteiger partial charge in [0, 0.05) is 24.2 Å². The molecular weight excluding hydrogens is 401 g/mol. The highest BCUT2D eigenvalue weighted by Gasteiger charge is 2.31. The van der Waals surface area contributed by atoms with Crippen LogP contribution in [0.1, 0.15) is 21.5 Å². The predicted molar refractivity (Wildman–Crippen MR) is 104 cm³/mol. The molecular formula is C21H21F3N2O4. The number of ether oxygens (including phenoxy) is 2. The molecule has 2 amide bonds. The first-order valence-electron chi connectivity index (χ1n) is 8.92. The van der Waals surface area contributed by atoms with Crippen molar-refractivity contribution in [3.8, 4) is 11.5 Å². The summed E-state index contributed by atoms with van der Waals surface area (Å²) in [5.74, 6) is -0.737. The molecule has 160 valence electrons. The number of halogens is 3. The molecule has 2 N–H and O–H groups in total. The number of hydrogen-bond donors (Lipinski definition) is 2. The Morgan fingerprint density at radius 1 is 1.10 bits per heavy atom. The van der Waals surface area contributed by atoms with E-state index in [4.69, 9.17) is 4.74 Å². The summed E-state index contributed by atoms with van der Waals surface area (Å²) in [4.78, 5) is 23.5. The summed E-state index contributed by atoms with van der Waals surface area (Å²) < 4.78 is 46.3. The van der Waals surface area contributed by atoms with Crippen molar-refractivity contribution in [2.45, 2.75) is 19.3 Å². The van der Waals surface area contributed by atoms with E-state index in [1.165, 1.54) is 19.3 Å². The molecule has 0 aliphatic heterocycles. The lowest BCUT2D eigenvalue weighted by Crippen LogP contribution is -2.24. The van der Waals surface area contributed by atoms with Crippen LogP contribution in [0.25, 0.3) is 0 Å². The SMILES string of the molecule is C=CC(=O)NCCc1ccc(C(=O)NCc2cc(OC(F)(F)F)ccc2OC)cc1. The summed E-state index contributed by atoms with van der Waals surface area (Å²) >= 11 is 0. The van der Waals surface area contributed by atoms with Crippen LogP contribution in [0.4, 0.5) is 13.2 Å². The fourth-order valence-corrected chi connectivity index (χ4v) is 2.59. The topological polar surface area (TPSA) is 76.7 Å². The van der Waals surface area contributed by atoms with Crippen molar-refractivity contribution in [2.24, 2.45) is 0 Å². The Balaban J connectivity index is 1.97. The van der Waals surface area contributed by atoms with Crippen molar-refractivity contribution in [2.75, 3.05) is 13.7 Å². The molecule has 2 aromatic carbocycles. The normalized spacial score (nSPS) is 10.8. The standard InChI is InChI=1S/C21H21F3N2O4/c1-3-19(27)25-11-10-14-4-6-15(7-5-14)20(28)26-13-16-12-17(30-21(22,23)24)8-9-18(16)29-2/h3-9,12H,1,10-11,13H2,2H3,(H,25,27)(H,26,28). The number of carbonyl (C=O) groups is 2. The maximum atomic E-state index is 12.4. The number of nitrogens with one attached hydrogen (secondary N) is 2. The highest BCUT2D eigenvalue weighted by Crippen LogP contribution is 2.28. The molecule has 0 atom stereocenters. The van der Waals surface area contributed by atoms with Gasteiger partial charge < -0.3 is 20.1 Å². The van der Waals surface area contributed by atoms with Crippen LogP contribution in [0.5, 0.6) is 11.5 Å². The molecule has 0 saturated carbocycles. The third-order valence-electron chi connectivity index (χ3n) is 4.04. The van der Waals surface area contributed by atoms with Gasteiger partial charge in [-0.05, 0) is 48.4 Å². The first kappa shape index (κ1) is 22.8. The molecule has 9 heteroatoms. The zero-order valence-electron chi connectivity index (χ0n) is 16.2. The van der Waals surface area contributed by atoms with E-state index in [2.05, 4.69) is 21.9 Å². The lowest BCUT2D eigenvalue weighted by molar-refractivity contribution is -0.274. The van der Waals surface area contributed by atoms with Crippen molar-refractivity contribution < 1.29 is 32.2 Å². The van der Waals surface area contributed by atoms with Gasteiger partial charge in [0.1, 0.15) is 11.5 Å². The number of amides is 2. The molecule has 0 aliphatic carbocycles. The third-order valence-corrected chi connectivity index (χ3v) is 4.04. The van der Waals surface area contributed by atoms with Gasteiger partial charge in [0.25, 0.3) is 5.91 Å². The zero-order chi connectivity index (χ0) is 22.1. The minimum atomic E-state index is -4.81. The molecule has 0 spiro atoms. The van der Waals surface area contributed by atoms with E-state index in [0.717, 1.165) is 17.7 Å². The lowest BCUT2D eigenvalue weighted by Gasteiger charge is -2.14. The Morgan fingerprint density at radius 2 is 1.80 bits per heavy atom. The number of benzene rings is 2. The summed E-state index contributed by atoms with van der Waals surface area (Å²) in [5.41, 5.74) is 1.65. The first-order chi connectivity index (χ1) is 14.2. The number of hydrogen-bond acceptors (Lipinski definition) is 4. The molecule has 0 aromatic heterocycles. The molecule has 0 unspecified atom stereocenters. The summed E-state index contributed by atoms with van der Waals surface area (Å²) in [7, 11) is 1.38. The summed E-state index contributed by atoms with van der Waals surface area (Å²) in [6.07, 6.45) is -3.04. The smallest absolute Gasteiger partial charge is 0.496 e. The van der Waals surface area contributed by atoms with Crippen LogP contribution in [-0.2, 0) is 17.8 Å². The largest absolute Gasteiger partial charge is 0.573 e. The van der Waals surface area contributed by atoms with Gasteiger partial charge in [-0.2, -0.15) is 0 Å². The minimum Gasteiger partial charge on any atom is -0.496 e. The van der Waals surface area contributed by atoms with Crippen LogP contribution in [0.3, 0.4) is 0 Å². The van der Waals surface area contributed by atoms with E-state index in [9.17, 15) is 22.8 Å². The van der Waals surface area contributed by atoms with E-state index < -0.39 is 18.0 Å². The van der Waals surface area contributed by atoms with Crippen LogP contribution in [0.15, 0.2) is 55.1 Å². The first-order valence-corrected chi connectivity index (χ1v) is 8.92. The van der Waals surface area contributed by atoms with E-state index in [-0.39, 0.29) is 12.5 Å². The molecule has 2 rings (SSSR count). The summed E-state index contributed by atoms with van der Waals surface area (Å²) in [6, 6.07) is 10.4. The van der Waals surface area contributed by atoms with Crippen molar-refractivity contribution >= 4 is 11.8 Å². The molecule has 0 bridgehead atoms. The van der Waals surface area contributed by atoms with Gasteiger partial charge in [0.05, 0.1) is 7.11 Å². The number of methoxy groups -OCH3 is 1.